The fraction of sp³-hybridized carbons (Fsp3) is 0.647. The average molecular weight is 299 g/mol. The Hall–Kier alpha value is -1.03. The number of halogens is 3. The summed E-state index contributed by atoms with van der Waals surface area (Å²) in [4.78, 5) is 0. The van der Waals surface area contributed by atoms with E-state index >= 15 is 0 Å². The molecule has 1 fully saturated rings. The van der Waals surface area contributed by atoms with Gasteiger partial charge < -0.3 is 5.32 Å². The fourth-order valence-corrected chi connectivity index (χ4v) is 3.47. The molecule has 1 N–H and O–H groups in total. The predicted molar refractivity (Wildman–Crippen MR) is 79.1 cm³/mol. The van der Waals surface area contributed by atoms with Crippen LogP contribution >= 0.6 is 0 Å². The maximum Gasteiger partial charge on any atom is 0.391 e. The minimum atomic E-state index is -4.03. The molecular formula is C17H24F3N. The Morgan fingerprint density at radius 1 is 1.14 bits per heavy atom. The Balaban J connectivity index is 2.09. The molecule has 4 heteroatoms. The molecule has 1 aromatic carbocycles. The molecule has 2 rings (SSSR count). The van der Waals surface area contributed by atoms with Gasteiger partial charge in [-0.25, -0.2) is 0 Å². The summed E-state index contributed by atoms with van der Waals surface area (Å²) in [6.07, 6.45) is -2.20. The van der Waals surface area contributed by atoms with Crippen LogP contribution in [-0.4, -0.2) is 12.7 Å². The normalized spacial score (nSPS) is 24.8. The third-order valence-electron chi connectivity index (χ3n) is 4.65. The average Bonchev–Trinajstić information content (AvgIpc) is 2.45. The van der Waals surface area contributed by atoms with Crippen molar-refractivity contribution in [3.8, 4) is 0 Å². The SMILES string of the molecule is CCNC(c1ccccc1C)C1CCC(C(F)(F)F)CC1. The molecule has 0 saturated heterocycles. The van der Waals surface area contributed by atoms with E-state index in [2.05, 4.69) is 24.4 Å². The van der Waals surface area contributed by atoms with Crippen molar-refractivity contribution < 1.29 is 13.2 Å². The van der Waals surface area contributed by atoms with Gasteiger partial charge >= 0.3 is 6.18 Å². The molecular weight excluding hydrogens is 275 g/mol. The molecule has 0 spiro atoms. The summed E-state index contributed by atoms with van der Waals surface area (Å²) in [6.45, 7) is 4.95. The maximum absolute atomic E-state index is 12.8. The van der Waals surface area contributed by atoms with E-state index in [0.717, 1.165) is 6.54 Å². The molecule has 1 aliphatic rings. The van der Waals surface area contributed by atoms with E-state index in [1.54, 1.807) is 0 Å². The van der Waals surface area contributed by atoms with Crippen molar-refractivity contribution in [2.24, 2.45) is 11.8 Å². The van der Waals surface area contributed by atoms with Gasteiger partial charge in [-0.05, 0) is 56.2 Å². The third kappa shape index (κ3) is 4.00. The molecule has 1 unspecified atom stereocenters. The van der Waals surface area contributed by atoms with Crippen LogP contribution in [0.25, 0.3) is 0 Å². The van der Waals surface area contributed by atoms with Crippen molar-refractivity contribution in [1.29, 1.82) is 0 Å². The summed E-state index contributed by atoms with van der Waals surface area (Å²) >= 11 is 0. The van der Waals surface area contributed by atoms with Crippen LogP contribution in [0.1, 0.15) is 49.8 Å². The smallest absolute Gasteiger partial charge is 0.310 e. The molecule has 1 aliphatic carbocycles. The molecule has 1 aromatic rings. The number of nitrogens with one attached hydrogen (secondary N) is 1. The van der Waals surface area contributed by atoms with Crippen LogP contribution in [0.2, 0.25) is 0 Å². The van der Waals surface area contributed by atoms with Gasteiger partial charge in [0.1, 0.15) is 0 Å². The van der Waals surface area contributed by atoms with Crippen LogP contribution in [0, 0.1) is 18.8 Å². The molecule has 0 aromatic heterocycles. The van der Waals surface area contributed by atoms with Gasteiger partial charge in [0, 0.05) is 6.04 Å². The van der Waals surface area contributed by atoms with Gasteiger partial charge in [-0.3, -0.25) is 0 Å². The van der Waals surface area contributed by atoms with E-state index in [-0.39, 0.29) is 18.9 Å². The number of aryl methyl sites for hydroxylation is 1. The van der Waals surface area contributed by atoms with Gasteiger partial charge in [0.2, 0.25) is 0 Å². The minimum absolute atomic E-state index is 0.172. The zero-order chi connectivity index (χ0) is 15.5. The first kappa shape index (κ1) is 16.3. The fourth-order valence-electron chi connectivity index (χ4n) is 3.47. The molecule has 0 amide bonds. The molecule has 0 heterocycles. The monoisotopic (exact) mass is 299 g/mol. The maximum atomic E-state index is 12.8. The second kappa shape index (κ2) is 6.82. The predicted octanol–water partition coefficient (Wildman–Crippen LogP) is 5.01. The lowest BCUT2D eigenvalue weighted by Gasteiger charge is -2.35. The quantitative estimate of drug-likeness (QED) is 0.823. The molecule has 118 valence electrons. The summed E-state index contributed by atoms with van der Waals surface area (Å²) < 4.78 is 38.4. The minimum Gasteiger partial charge on any atom is -0.310 e. The first-order chi connectivity index (χ1) is 9.93. The van der Waals surface area contributed by atoms with Crippen LogP contribution < -0.4 is 5.32 Å². The van der Waals surface area contributed by atoms with E-state index < -0.39 is 12.1 Å². The highest BCUT2D eigenvalue weighted by atomic mass is 19.4. The first-order valence-electron chi connectivity index (χ1n) is 7.79. The van der Waals surface area contributed by atoms with Crippen LogP contribution in [0.4, 0.5) is 13.2 Å². The van der Waals surface area contributed by atoms with E-state index in [0.29, 0.717) is 18.8 Å². The highest BCUT2D eigenvalue weighted by Gasteiger charge is 2.42. The zero-order valence-electron chi connectivity index (χ0n) is 12.7. The van der Waals surface area contributed by atoms with Gasteiger partial charge in [0.25, 0.3) is 0 Å². The van der Waals surface area contributed by atoms with Gasteiger partial charge in [0.05, 0.1) is 5.92 Å². The van der Waals surface area contributed by atoms with Crippen molar-refractivity contribution in [2.75, 3.05) is 6.54 Å². The lowest BCUT2D eigenvalue weighted by molar-refractivity contribution is -0.184. The van der Waals surface area contributed by atoms with Gasteiger partial charge in [-0.1, -0.05) is 31.2 Å². The Kier molecular flexibility index (Phi) is 5.31. The Labute approximate surface area is 124 Å². The van der Waals surface area contributed by atoms with E-state index in [9.17, 15) is 13.2 Å². The highest BCUT2D eigenvalue weighted by molar-refractivity contribution is 5.29. The summed E-state index contributed by atoms with van der Waals surface area (Å²) in [5.74, 6) is -0.808. The number of alkyl halides is 3. The van der Waals surface area contributed by atoms with Crippen LogP contribution in [0.3, 0.4) is 0 Å². The second-order valence-corrected chi connectivity index (χ2v) is 6.05. The molecule has 0 bridgehead atoms. The van der Waals surface area contributed by atoms with Crippen molar-refractivity contribution in [3.05, 3.63) is 35.4 Å². The van der Waals surface area contributed by atoms with Crippen LogP contribution in [0.15, 0.2) is 24.3 Å². The molecule has 1 nitrogen and oxygen atoms in total. The third-order valence-corrected chi connectivity index (χ3v) is 4.65. The van der Waals surface area contributed by atoms with Crippen molar-refractivity contribution >= 4 is 0 Å². The molecule has 21 heavy (non-hydrogen) atoms. The molecule has 1 atom stereocenters. The van der Waals surface area contributed by atoms with E-state index in [4.69, 9.17) is 0 Å². The van der Waals surface area contributed by atoms with Gasteiger partial charge in [0.15, 0.2) is 0 Å². The lowest BCUT2D eigenvalue weighted by Crippen LogP contribution is -2.34. The van der Waals surface area contributed by atoms with E-state index in [1.165, 1.54) is 11.1 Å². The highest BCUT2D eigenvalue weighted by Crippen LogP contribution is 2.43. The molecule has 0 aliphatic heterocycles. The van der Waals surface area contributed by atoms with Gasteiger partial charge in [-0.15, -0.1) is 0 Å². The van der Waals surface area contributed by atoms with Crippen molar-refractivity contribution in [3.63, 3.8) is 0 Å². The lowest BCUT2D eigenvalue weighted by atomic mass is 9.76. The van der Waals surface area contributed by atoms with Crippen LogP contribution in [-0.2, 0) is 0 Å². The summed E-state index contributed by atoms with van der Waals surface area (Å²) in [5.41, 5.74) is 2.44. The van der Waals surface area contributed by atoms with Crippen molar-refractivity contribution in [2.45, 2.75) is 51.7 Å². The Bertz CT molecular complexity index is 448. The summed E-state index contributed by atoms with van der Waals surface area (Å²) in [5, 5.41) is 3.48. The van der Waals surface area contributed by atoms with Crippen LogP contribution in [0.5, 0.6) is 0 Å². The van der Waals surface area contributed by atoms with Gasteiger partial charge in [-0.2, -0.15) is 13.2 Å². The number of rotatable bonds is 4. The second-order valence-electron chi connectivity index (χ2n) is 6.05. The largest absolute Gasteiger partial charge is 0.391 e. The summed E-state index contributed by atoms with van der Waals surface area (Å²) in [7, 11) is 0. The number of benzene rings is 1. The van der Waals surface area contributed by atoms with E-state index in [1.807, 2.05) is 19.1 Å². The summed E-state index contributed by atoms with van der Waals surface area (Å²) in [6, 6.07) is 8.35. The standard InChI is InChI=1S/C17H24F3N/c1-3-21-16(15-7-5-4-6-12(15)2)13-8-10-14(11-9-13)17(18,19)20/h4-7,13-14,16,21H,3,8-11H2,1-2H3. The Morgan fingerprint density at radius 2 is 1.76 bits per heavy atom. The molecule has 1 saturated carbocycles. The zero-order valence-corrected chi connectivity index (χ0v) is 12.7. The number of hydrogen-bond donors (Lipinski definition) is 1. The Morgan fingerprint density at radius 3 is 2.29 bits per heavy atom. The van der Waals surface area contributed by atoms with Crippen molar-refractivity contribution in [1.82, 2.24) is 5.32 Å². The first-order valence-corrected chi connectivity index (χ1v) is 7.79. The topological polar surface area (TPSA) is 12.0 Å². The number of hydrogen-bond acceptors (Lipinski definition) is 1. The molecule has 0 radical (unpaired) electrons.